The van der Waals surface area contributed by atoms with Gasteiger partial charge in [0.2, 0.25) is 0 Å². The summed E-state index contributed by atoms with van der Waals surface area (Å²) in [5.74, 6) is 0.370. The summed E-state index contributed by atoms with van der Waals surface area (Å²) in [7, 11) is 0. The van der Waals surface area contributed by atoms with Crippen molar-refractivity contribution in [2.45, 2.75) is 47.0 Å². The SMILES string of the molecule is Cc1ccc(N(c2ccc(/C=C/C=C/C=C/c3ccc(N(c4ccc(/C=C/C5C=CC(/C=C/C=C/c6ccccc6)=CC5)cc4)c4ccc(C)cc4C)cc3)cc2)c2ccc(/C=C/c3ccc(CC/C=C/c4ccccc4)cc3)cc2)c(C)c1. The predicted molar refractivity (Wildman–Crippen MR) is 367 cm³/mol. The highest BCUT2D eigenvalue weighted by Gasteiger charge is 2.17. The van der Waals surface area contributed by atoms with Crippen molar-refractivity contribution in [1.82, 2.24) is 0 Å². The number of rotatable bonds is 21. The normalized spacial score (nSPS) is 13.8. The number of anilines is 6. The topological polar surface area (TPSA) is 6.48 Å². The number of aryl methyl sites for hydroxylation is 5. The predicted octanol–water partition coefficient (Wildman–Crippen LogP) is 22.7. The van der Waals surface area contributed by atoms with Gasteiger partial charge in [0.25, 0.3) is 0 Å². The molecule has 1 aliphatic rings. The molecule has 10 rings (SSSR count). The molecule has 0 aliphatic heterocycles. The smallest absolute Gasteiger partial charge is 0.0490 e. The van der Waals surface area contributed by atoms with Gasteiger partial charge in [-0.25, -0.2) is 0 Å². The van der Waals surface area contributed by atoms with Crippen LogP contribution in [0.2, 0.25) is 0 Å². The summed E-state index contributed by atoms with van der Waals surface area (Å²) < 4.78 is 0. The zero-order chi connectivity index (χ0) is 57.7. The molecule has 0 amide bonds. The van der Waals surface area contributed by atoms with Gasteiger partial charge in [-0.05, 0) is 175 Å². The van der Waals surface area contributed by atoms with Gasteiger partial charge in [0.1, 0.15) is 0 Å². The lowest BCUT2D eigenvalue weighted by molar-refractivity contribution is 0.821. The highest BCUT2D eigenvalue weighted by atomic mass is 15.1. The molecule has 2 nitrogen and oxygen atoms in total. The molecule has 1 aliphatic carbocycles. The fraction of sp³-hybridized carbons (Fsp3) is 0.0976. The molecule has 84 heavy (non-hydrogen) atoms. The van der Waals surface area contributed by atoms with E-state index in [0.717, 1.165) is 64.4 Å². The van der Waals surface area contributed by atoms with Crippen LogP contribution in [0.3, 0.4) is 0 Å². The number of benzene rings is 9. The first-order chi connectivity index (χ1) is 41.3. The van der Waals surface area contributed by atoms with E-state index in [9.17, 15) is 0 Å². The molecular weight excluding hydrogens is 1010 g/mol. The van der Waals surface area contributed by atoms with E-state index in [1.54, 1.807) is 0 Å². The van der Waals surface area contributed by atoms with Crippen molar-refractivity contribution < 1.29 is 0 Å². The van der Waals surface area contributed by atoms with Crippen LogP contribution in [0.15, 0.2) is 297 Å². The Morgan fingerprint density at radius 2 is 0.762 bits per heavy atom. The van der Waals surface area contributed by atoms with Gasteiger partial charge in [-0.2, -0.15) is 0 Å². The molecule has 0 heterocycles. The van der Waals surface area contributed by atoms with E-state index in [-0.39, 0.29) is 0 Å². The Labute approximate surface area is 500 Å². The summed E-state index contributed by atoms with van der Waals surface area (Å²) in [5.41, 5.74) is 22.6. The number of allylic oxidation sites excluding steroid dienone is 13. The molecule has 0 N–H and O–H groups in total. The Bertz CT molecular complexity index is 3900. The third-order valence-corrected chi connectivity index (χ3v) is 15.0. The van der Waals surface area contributed by atoms with Crippen molar-refractivity contribution in [1.29, 1.82) is 0 Å². The largest absolute Gasteiger partial charge is 0.310 e. The van der Waals surface area contributed by atoms with Gasteiger partial charge in [-0.3, -0.25) is 0 Å². The van der Waals surface area contributed by atoms with Crippen LogP contribution in [0.25, 0.3) is 42.5 Å². The Morgan fingerprint density at radius 1 is 0.369 bits per heavy atom. The van der Waals surface area contributed by atoms with Gasteiger partial charge in [0.05, 0.1) is 0 Å². The summed E-state index contributed by atoms with van der Waals surface area (Å²) in [6.45, 7) is 8.70. The second kappa shape index (κ2) is 29.1. The lowest BCUT2D eigenvalue weighted by Gasteiger charge is -2.27. The van der Waals surface area contributed by atoms with E-state index in [1.165, 1.54) is 61.3 Å². The van der Waals surface area contributed by atoms with Crippen LogP contribution in [0.1, 0.15) is 79.6 Å². The first kappa shape index (κ1) is 57.2. The maximum absolute atomic E-state index is 2.36. The minimum absolute atomic E-state index is 0.370. The molecule has 1 unspecified atom stereocenters. The van der Waals surface area contributed by atoms with E-state index in [1.807, 2.05) is 6.07 Å². The van der Waals surface area contributed by atoms with Crippen LogP contribution in [-0.2, 0) is 6.42 Å². The van der Waals surface area contributed by atoms with Crippen molar-refractivity contribution in [3.8, 4) is 0 Å². The maximum atomic E-state index is 2.36. The first-order valence-electron chi connectivity index (χ1n) is 29.4. The van der Waals surface area contributed by atoms with Crippen LogP contribution in [-0.4, -0.2) is 0 Å². The van der Waals surface area contributed by atoms with Crippen molar-refractivity contribution in [3.05, 3.63) is 364 Å². The van der Waals surface area contributed by atoms with Crippen LogP contribution < -0.4 is 9.80 Å². The van der Waals surface area contributed by atoms with Gasteiger partial charge in [0, 0.05) is 34.1 Å². The second-order valence-electron chi connectivity index (χ2n) is 21.6. The molecule has 1 atom stereocenters. The molecule has 0 radical (unpaired) electrons. The molecule has 412 valence electrons. The Morgan fingerprint density at radius 3 is 1.20 bits per heavy atom. The molecule has 0 saturated carbocycles. The van der Waals surface area contributed by atoms with Crippen molar-refractivity contribution in [2.24, 2.45) is 5.92 Å². The monoisotopic (exact) mass is 1090 g/mol. The highest BCUT2D eigenvalue weighted by molar-refractivity contribution is 5.82. The number of hydrogen-bond acceptors (Lipinski definition) is 2. The standard InChI is InChI=1S/C82H74N2/c1-63-29-59-81(65(3)61-63)83(79-55-47-75(48-56-79)41-39-73-35-31-69(32-36-73)27-17-15-25-67-19-11-7-12-20-67)77-51-43-71(44-52-77)23-9-5-6-10-24-72-45-53-78(54-46-72)84(82-60-30-64(2)62-66(82)4)80-57-49-76(50-58-80)42-40-74-37-33-70(34-38-74)28-18-16-26-68-21-13-8-14-22-68/h5-17,19-27,29-35,37-62,73H,18,28,36H2,1-4H3/b6-5+,23-9+,24-10+,25-15+,26-16+,27-17+,41-39+,42-40+. The molecular formula is C82H74N2. The summed E-state index contributed by atoms with van der Waals surface area (Å²) in [5, 5.41) is 0. The lowest BCUT2D eigenvalue weighted by atomic mass is 9.95. The maximum Gasteiger partial charge on any atom is 0.0490 e. The minimum Gasteiger partial charge on any atom is -0.310 e. The molecule has 2 heteroatoms. The lowest BCUT2D eigenvalue weighted by Crippen LogP contribution is -2.11. The fourth-order valence-corrected chi connectivity index (χ4v) is 10.4. The summed E-state index contributed by atoms with van der Waals surface area (Å²) in [6.07, 6.45) is 44.5. The second-order valence-corrected chi connectivity index (χ2v) is 21.6. The summed E-state index contributed by atoms with van der Waals surface area (Å²) in [4.78, 5) is 4.71. The number of hydrogen-bond donors (Lipinski definition) is 0. The van der Waals surface area contributed by atoms with Crippen LogP contribution >= 0.6 is 0 Å². The third kappa shape index (κ3) is 16.3. The zero-order valence-electron chi connectivity index (χ0n) is 48.8. The quantitative estimate of drug-likeness (QED) is 0.0523. The van der Waals surface area contributed by atoms with Crippen molar-refractivity contribution in [3.63, 3.8) is 0 Å². The molecule has 0 bridgehead atoms. The number of nitrogens with zero attached hydrogens (tertiary/aromatic N) is 2. The molecule has 0 aromatic heterocycles. The van der Waals surface area contributed by atoms with Crippen LogP contribution in [0, 0.1) is 33.6 Å². The molecule has 0 saturated heterocycles. The van der Waals surface area contributed by atoms with E-state index < -0.39 is 0 Å². The Hall–Kier alpha value is -10.0. The molecule has 9 aromatic rings. The van der Waals surface area contributed by atoms with Gasteiger partial charge in [-0.1, -0.05) is 284 Å². The third-order valence-electron chi connectivity index (χ3n) is 15.0. The average molecular weight is 1090 g/mol. The van der Waals surface area contributed by atoms with E-state index >= 15 is 0 Å². The Balaban J connectivity index is 0.742. The van der Waals surface area contributed by atoms with Gasteiger partial charge in [-0.15, -0.1) is 0 Å². The Kier molecular flexibility index (Phi) is 19.8. The average Bonchev–Trinajstić information content (AvgIpc) is 3.72. The highest BCUT2D eigenvalue weighted by Crippen LogP contribution is 2.39. The van der Waals surface area contributed by atoms with E-state index in [4.69, 9.17) is 0 Å². The molecule has 0 fully saturated rings. The van der Waals surface area contributed by atoms with Crippen molar-refractivity contribution >= 4 is 76.7 Å². The van der Waals surface area contributed by atoms with Crippen LogP contribution in [0.5, 0.6) is 0 Å². The van der Waals surface area contributed by atoms with Gasteiger partial charge < -0.3 is 9.80 Å². The summed E-state index contributed by atoms with van der Waals surface area (Å²) in [6, 6.07) is 78.6. The van der Waals surface area contributed by atoms with E-state index in [0.29, 0.717) is 5.92 Å². The summed E-state index contributed by atoms with van der Waals surface area (Å²) >= 11 is 0. The molecule has 0 spiro atoms. The van der Waals surface area contributed by atoms with Crippen LogP contribution in [0.4, 0.5) is 34.1 Å². The van der Waals surface area contributed by atoms with Gasteiger partial charge in [0.15, 0.2) is 0 Å². The minimum atomic E-state index is 0.370. The fourth-order valence-electron chi connectivity index (χ4n) is 10.4. The zero-order valence-corrected chi connectivity index (χ0v) is 48.8. The van der Waals surface area contributed by atoms with Gasteiger partial charge >= 0.3 is 0 Å². The molecule has 9 aromatic carbocycles. The first-order valence-corrected chi connectivity index (χ1v) is 29.4. The van der Waals surface area contributed by atoms with E-state index in [2.05, 4.69) is 365 Å². The van der Waals surface area contributed by atoms with Crippen molar-refractivity contribution in [2.75, 3.05) is 9.80 Å².